The number of β-amino-alcohol motifs (C(OH)–C–C–N with tert-alkyl or cyclic N) is 1. The number of hydrogen-bond acceptors (Lipinski definition) is 11. The molecule has 0 bridgehead atoms. The zero-order chi connectivity index (χ0) is 35.9. The van der Waals surface area contributed by atoms with Crippen molar-refractivity contribution < 1.29 is 38.2 Å². The molecule has 0 aliphatic carbocycles. The third-order valence-corrected chi connectivity index (χ3v) is 9.02. The standard InChI is InChI=1S/C35H49N5O8S/c1-21(2)30(29-15-22(3)38-48-29)33(43)40-19-26(41)17-27(40)32(42)36-18-25-10-9-24(31-23(4)37-20-49-31)16-28(25)46-14-13-45-12-11-39(8)34(44)47-35(5,6)7/h9-10,15-16,20-21,26-27,30,41H,11-14,17-19H2,1-8H3,(H,36,42)/t26-,27+,30+/m1/s1. The minimum absolute atomic E-state index is 0.0537. The van der Waals surface area contributed by atoms with Crippen molar-refractivity contribution in [2.45, 2.75) is 85.1 Å². The van der Waals surface area contributed by atoms with E-state index in [1.807, 2.05) is 59.7 Å². The van der Waals surface area contributed by atoms with Gasteiger partial charge in [-0.1, -0.05) is 31.1 Å². The maximum Gasteiger partial charge on any atom is 0.410 e. The molecule has 14 heteroatoms. The van der Waals surface area contributed by atoms with Gasteiger partial charge in [0.1, 0.15) is 35.7 Å². The Morgan fingerprint density at radius 3 is 2.55 bits per heavy atom. The maximum absolute atomic E-state index is 13.8. The van der Waals surface area contributed by atoms with E-state index in [-0.39, 0.29) is 50.5 Å². The van der Waals surface area contributed by atoms with Gasteiger partial charge in [0.25, 0.3) is 0 Å². The first-order valence-corrected chi connectivity index (χ1v) is 17.4. The lowest BCUT2D eigenvalue weighted by Gasteiger charge is -2.28. The highest BCUT2D eigenvalue weighted by atomic mass is 32.1. The fourth-order valence-corrected chi connectivity index (χ4v) is 6.35. The summed E-state index contributed by atoms with van der Waals surface area (Å²) in [6, 6.07) is 6.66. The van der Waals surface area contributed by atoms with E-state index in [2.05, 4.69) is 15.5 Å². The molecule has 3 amide bonds. The van der Waals surface area contributed by atoms with Gasteiger partial charge in [0.05, 0.1) is 41.1 Å². The number of nitrogens with zero attached hydrogens (tertiary/aromatic N) is 4. The van der Waals surface area contributed by atoms with Crippen molar-refractivity contribution in [3.63, 3.8) is 0 Å². The lowest BCUT2D eigenvalue weighted by Crippen LogP contribution is -2.48. The van der Waals surface area contributed by atoms with Crippen LogP contribution in [0.5, 0.6) is 5.75 Å². The van der Waals surface area contributed by atoms with Crippen molar-refractivity contribution in [2.24, 2.45) is 5.92 Å². The number of hydrogen-bond donors (Lipinski definition) is 2. The predicted octanol–water partition coefficient (Wildman–Crippen LogP) is 4.70. The average molecular weight is 700 g/mol. The second-order valence-corrected chi connectivity index (χ2v) is 14.5. The number of likely N-dealkylation sites (tertiary alicyclic amines) is 1. The molecule has 0 unspecified atom stereocenters. The van der Waals surface area contributed by atoms with Crippen LogP contribution in [0.1, 0.15) is 69.7 Å². The maximum atomic E-state index is 13.8. The molecule has 1 aromatic carbocycles. The minimum Gasteiger partial charge on any atom is -0.491 e. The number of carbonyl (C=O) groups excluding carboxylic acids is 3. The van der Waals surface area contributed by atoms with E-state index < -0.39 is 29.8 Å². The SMILES string of the molecule is Cc1cc([C@@H](C(=O)N2C[C@H](O)C[C@H]2C(=O)NCc2ccc(-c3scnc3C)cc2OCCOCCN(C)C(=O)OC(C)(C)C)C(C)C)on1. The van der Waals surface area contributed by atoms with Crippen molar-refractivity contribution >= 4 is 29.2 Å². The summed E-state index contributed by atoms with van der Waals surface area (Å²) in [5.74, 6) is -0.392. The molecule has 49 heavy (non-hydrogen) atoms. The molecule has 0 radical (unpaired) electrons. The number of thiazole rings is 1. The first-order chi connectivity index (χ1) is 23.1. The Labute approximate surface area is 291 Å². The number of aliphatic hydroxyl groups is 1. The number of benzene rings is 1. The molecule has 2 N–H and O–H groups in total. The summed E-state index contributed by atoms with van der Waals surface area (Å²) in [7, 11) is 1.66. The van der Waals surface area contributed by atoms with Crippen molar-refractivity contribution in [3.8, 4) is 16.2 Å². The molecule has 1 saturated heterocycles. The Morgan fingerprint density at radius 2 is 1.92 bits per heavy atom. The number of carbonyl (C=O) groups is 3. The molecule has 0 saturated carbocycles. The molecular formula is C35H49N5O8S. The van der Waals surface area contributed by atoms with Crippen LogP contribution in [0.25, 0.3) is 10.4 Å². The van der Waals surface area contributed by atoms with Crippen LogP contribution in [0, 0.1) is 19.8 Å². The number of aryl methyl sites for hydroxylation is 2. The van der Waals surface area contributed by atoms with Crippen LogP contribution in [0.4, 0.5) is 4.79 Å². The van der Waals surface area contributed by atoms with Crippen molar-refractivity contribution in [1.29, 1.82) is 0 Å². The number of ether oxygens (including phenoxy) is 3. The van der Waals surface area contributed by atoms with Crippen LogP contribution in [-0.2, 0) is 25.6 Å². The van der Waals surface area contributed by atoms with E-state index in [1.165, 1.54) is 21.1 Å². The van der Waals surface area contributed by atoms with Crippen molar-refractivity contribution in [2.75, 3.05) is 40.0 Å². The highest BCUT2D eigenvalue weighted by molar-refractivity contribution is 7.13. The van der Waals surface area contributed by atoms with E-state index in [0.29, 0.717) is 30.4 Å². The Morgan fingerprint density at radius 1 is 1.16 bits per heavy atom. The fourth-order valence-electron chi connectivity index (χ4n) is 5.55. The molecule has 3 heterocycles. The Bertz CT molecular complexity index is 1580. The summed E-state index contributed by atoms with van der Waals surface area (Å²) in [6.07, 6.45) is -1.11. The minimum atomic E-state index is -0.844. The first kappa shape index (κ1) is 37.8. The van der Waals surface area contributed by atoms with Crippen molar-refractivity contribution in [3.05, 3.63) is 52.5 Å². The summed E-state index contributed by atoms with van der Waals surface area (Å²) < 4.78 is 22.7. The smallest absolute Gasteiger partial charge is 0.410 e. The summed E-state index contributed by atoms with van der Waals surface area (Å²) >= 11 is 1.53. The number of nitrogens with one attached hydrogen (secondary N) is 1. The Balaban J connectivity index is 1.40. The lowest BCUT2D eigenvalue weighted by atomic mass is 9.91. The number of likely N-dealkylation sites (N-methyl/N-ethyl adjacent to an activating group) is 1. The van der Waals surface area contributed by atoms with Gasteiger partial charge in [-0.05, 0) is 52.2 Å². The number of aliphatic hydroxyl groups excluding tert-OH is 1. The molecular weight excluding hydrogens is 650 g/mol. The summed E-state index contributed by atoms with van der Waals surface area (Å²) in [5.41, 5.74) is 4.45. The second-order valence-electron chi connectivity index (χ2n) is 13.7. The monoisotopic (exact) mass is 699 g/mol. The van der Waals surface area contributed by atoms with Gasteiger partial charge in [-0.2, -0.15) is 0 Å². The third kappa shape index (κ3) is 10.2. The van der Waals surface area contributed by atoms with Gasteiger partial charge in [-0.25, -0.2) is 9.78 Å². The van der Waals surface area contributed by atoms with Gasteiger partial charge in [0, 0.05) is 44.7 Å². The van der Waals surface area contributed by atoms with Gasteiger partial charge in [0.15, 0.2) is 0 Å². The topological polar surface area (TPSA) is 157 Å². The number of aromatic nitrogens is 2. The quantitative estimate of drug-likeness (QED) is 0.226. The van der Waals surface area contributed by atoms with Crippen LogP contribution in [-0.4, -0.2) is 101 Å². The molecule has 3 aromatic rings. The fraction of sp³-hybridized carbons (Fsp3) is 0.571. The normalized spacial score (nSPS) is 16.9. The molecule has 1 fully saturated rings. The third-order valence-electron chi connectivity index (χ3n) is 8.04. The molecule has 1 aliphatic heterocycles. The molecule has 1 aliphatic rings. The van der Waals surface area contributed by atoms with E-state index in [0.717, 1.165) is 21.7 Å². The van der Waals surface area contributed by atoms with Gasteiger partial charge < -0.3 is 39.0 Å². The van der Waals surface area contributed by atoms with Crippen LogP contribution in [0.2, 0.25) is 0 Å². The Hall–Kier alpha value is -4.01. The molecule has 3 atom stereocenters. The predicted molar refractivity (Wildman–Crippen MR) is 184 cm³/mol. The molecule has 4 rings (SSSR count). The number of rotatable bonds is 14. The first-order valence-electron chi connectivity index (χ1n) is 16.5. The van der Waals surface area contributed by atoms with Crippen LogP contribution in [0.15, 0.2) is 34.3 Å². The van der Waals surface area contributed by atoms with Crippen molar-refractivity contribution in [1.82, 2.24) is 25.3 Å². The highest BCUT2D eigenvalue weighted by Crippen LogP contribution is 2.33. The lowest BCUT2D eigenvalue weighted by molar-refractivity contribution is -0.141. The average Bonchev–Trinajstić information content (AvgIpc) is 3.76. The van der Waals surface area contributed by atoms with Gasteiger partial charge >= 0.3 is 6.09 Å². The molecule has 2 aromatic heterocycles. The Kier molecular flexibility index (Phi) is 12.8. The zero-order valence-corrected chi connectivity index (χ0v) is 30.5. The summed E-state index contributed by atoms with van der Waals surface area (Å²) in [5, 5.41) is 17.4. The van der Waals surface area contributed by atoms with Gasteiger partial charge in [0.2, 0.25) is 11.8 Å². The summed E-state index contributed by atoms with van der Waals surface area (Å²) in [4.78, 5) is 47.8. The van der Waals surface area contributed by atoms with E-state index in [1.54, 1.807) is 25.5 Å². The van der Waals surface area contributed by atoms with E-state index in [4.69, 9.17) is 18.7 Å². The largest absolute Gasteiger partial charge is 0.491 e. The summed E-state index contributed by atoms with van der Waals surface area (Å²) in [6.45, 7) is 14.4. The van der Waals surface area contributed by atoms with Crippen LogP contribution >= 0.6 is 11.3 Å². The van der Waals surface area contributed by atoms with E-state index in [9.17, 15) is 19.5 Å². The van der Waals surface area contributed by atoms with Crippen LogP contribution < -0.4 is 10.1 Å². The zero-order valence-electron chi connectivity index (χ0n) is 29.6. The highest BCUT2D eigenvalue weighted by Gasteiger charge is 2.43. The van der Waals surface area contributed by atoms with E-state index >= 15 is 0 Å². The number of amides is 3. The molecule has 13 nitrogen and oxygen atoms in total. The second kappa shape index (κ2) is 16.6. The van der Waals surface area contributed by atoms with Gasteiger partial charge in [-0.3, -0.25) is 9.59 Å². The van der Waals surface area contributed by atoms with Gasteiger partial charge in [-0.15, -0.1) is 11.3 Å². The molecule has 0 spiro atoms. The molecule has 268 valence electrons. The van der Waals surface area contributed by atoms with Crippen LogP contribution in [0.3, 0.4) is 0 Å².